The number of amides is 4. The summed E-state index contributed by atoms with van der Waals surface area (Å²) < 4.78 is 9.79. The lowest BCUT2D eigenvalue weighted by molar-refractivity contribution is -0.140. The maximum atomic E-state index is 11.0. The number of methoxy groups -OCH3 is 1. The lowest BCUT2D eigenvalue weighted by Gasteiger charge is -2.10. The molecule has 1 aliphatic heterocycles. The highest BCUT2D eigenvalue weighted by Crippen LogP contribution is 1.99. The Morgan fingerprint density at radius 3 is 2.47 bits per heavy atom. The van der Waals surface area contributed by atoms with Crippen LogP contribution in [0, 0.1) is 0 Å². The Labute approximate surface area is 86.3 Å². The Morgan fingerprint density at radius 1 is 1.20 bits per heavy atom. The molecule has 0 aromatic heterocycles. The molecule has 0 radical (unpaired) electrons. The molecular formula is C8H12N2O5. The van der Waals surface area contributed by atoms with Gasteiger partial charge in [0.15, 0.2) is 0 Å². The first-order valence-electron chi connectivity index (χ1n) is 4.40. The van der Waals surface area contributed by atoms with E-state index in [2.05, 4.69) is 0 Å². The number of rotatable bonds is 6. The van der Waals surface area contributed by atoms with Crippen LogP contribution in [-0.2, 0) is 19.1 Å². The van der Waals surface area contributed by atoms with Crippen LogP contribution in [0.2, 0.25) is 0 Å². The van der Waals surface area contributed by atoms with Crippen LogP contribution >= 0.6 is 0 Å². The summed E-state index contributed by atoms with van der Waals surface area (Å²) in [5.74, 6) is -1.73. The van der Waals surface area contributed by atoms with Crippen LogP contribution in [0.1, 0.15) is 0 Å². The van der Waals surface area contributed by atoms with Crippen LogP contribution in [0.3, 0.4) is 0 Å². The Morgan fingerprint density at radius 2 is 1.93 bits per heavy atom. The van der Waals surface area contributed by atoms with E-state index in [9.17, 15) is 14.4 Å². The molecule has 0 unspecified atom stereocenters. The summed E-state index contributed by atoms with van der Waals surface area (Å²) in [6, 6.07) is -0.694. The minimum Gasteiger partial charge on any atom is -0.382 e. The van der Waals surface area contributed by atoms with Crippen molar-refractivity contribution < 1.29 is 23.9 Å². The fourth-order valence-electron chi connectivity index (χ4n) is 1.04. The number of nitrogens with zero attached hydrogens (tertiary/aromatic N) is 1. The average Bonchev–Trinajstić information content (AvgIpc) is 2.44. The van der Waals surface area contributed by atoms with Gasteiger partial charge in [0, 0.05) is 7.11 Å². The van der Waals surface area contributed by atoms with Gasteiger partial charge in [-0.25, -0.2) is 4.79 Å². The third-order valence-corrected chi connectivity index (χ3v) is 1.80. The van der Waals surface area contributed by atoms with E-state index in [-0.39, 0.29) is 13.2 Å². The highest BCUT2D eigenvalue weighted by atomic mass is 16.5. The smallest absolute Gasteiger partial charge is 0.331 e. The summed E-state index contributed by atoms with van der Waals surface area (Å²) in [5.41, 5.74) is 0. The summed E-state index contributed by atoms with van der Waals surface area (Å²) >= 11 is 0. The van der Waals surface area contributed by atoms with Crippen LogP contribution in [0.15, 0.2) is 0 Å². The topological polar surface area (TPSA) is 84.9 Å². The van der Waals surface area contributed by atoms with Gasteiger partial charge in [-0.2, -0.15) is 0 Å². The minimum absolute atomic E-state index is 0.0696. The van der Waals surface area contributed by atoms with Gasteiger partial charge in [-0.15, -0.1) is 0 Å². The van der Waals surface area contributed by atoms with Gasteiger partial charge >= 0.3 is 17.8 Å². The first-order chi connectivity index (χ1) is 7.16. The van der Waals surface area contributed by atoms with Crippen molar-refractivity contribution in [1.29, 1.82) is 0 Å². The number of carbonyl (C=O) groups is 3. The Hall–Kier alpha value is -1.47. The number of imide groups is 2. The lowest BCUT2D eigenvalue weighted by Crippen LogP contribution is -2.34. The molecule has 7 nitrogen and oxygen atoms in total. The van der Waals surface area contributed by atoms with Gasteiger partial charge in [-0.3, -0.25) is 19.8 Å². The molecule has 1 fully saturated rings. The molecule has 4 amide bonds. The largest absolute Gasteiger partial charge is 0.382 e. The zero-order valence-electron chi connectivity index (χ0n) is 8.32. The van der Waals surface area contributed by atoms with E-state index in [1.807, 2.05) is 5.32 Å². The summed E-state index contributed by atoms with van der Waals surface area (Å²) in [7, 11) is 1.54. The molecule has 0 bridgehead atoms. The van der Waals surface area contributed by atoms with Gasteiger partial charge in [-0.05, 0) is 0 Å². The molecule has 1 heterocycles. The molecule has 15 heavy (non-hydrogen) atoms. The van der Waals surface area contributed by atoms with Crippen LogP contribution in [0.4, 0.5) is 4.79 Å². The summed E-state index contributed by atoms with van der Waals surface area (Å²) in [5, 5.41) is 1.89. The molecule has 0 atom stereocenters. The number of urea groups is 1. The predicted molar refractivity (Wildman–Crippen MR) is 47.9 cm³/mol. The standard InChI is InChI=1S/C8H12N2O5/c1-14-4-5-15-3-2-10-7(12)6(11)9-8(10)13/h2-5H2,1H3,(H,9,11,13). The first kappa shape index (κ1) is 11.6. The zero-order valence-corrected chi connectivity index (χ0v) is 8.32. The van der Waals surface area contributed by atoms with Crippen LogP contribution in [-0.4, -0.2) is 56.2 Å². The summed E-state index contributed by atoms with van der Waals surface area (Å²) in [6.45, 7) is 1.09. The maximum Gasteiger partial charge on any atom is 0.331 e. The predicted octanol–water partition coefficient (Wildman–Crippen LogP) is -1.27. The lowest BCUT2D eigenvalue weighted by atomic mass is 10.5. The molecule has 0 aromatic rings. The first-order valence-corrected chi connectivity index (χ1v) is 4.40. The SMILES string of the molecule is COCCOCCN1C(=O)NC(=O)C1=O. The molecule has 1 aliphatic rings. The molecule has 0 spiro atoms. The van der Waals surface area contributed by atoms with Crippen molar-refractivity contribution in [3.05, 3.63) is 0 Å². The molecular weight excluding hydrogens is 204 g/mol. The number of ether oxygens (including phenoxy) is 2. The van der Waals surface area contributed by atoms with Crippen molar-refractivity contribution in [2.45, 2.75) is 0 Å². The molecule has 0 aromatic carbocycles. The molecule has 7 heteroatoms. The molecule has 84 valence electrons. The van der Waals surface area contributed by atoms with Crippen molar-refractivity contribution in [2.24, 2.45) is 0 Å². The summed E-state index contributed by atoms with van der Waals surface area (Å²) in [6.07, 6.45) is 0. The third kappa shape index (κ3) is 3.00. The zero-order chi connectivity index (χ0) is 11.3. The van der Waals surface area contributed by atoms with Crippen molar-refractivity contribution in [3.63, 3.8) is 0 Å². The van der Waals surface area contributed by atoms with Crippen LogP contribution < -0.4 is 5.32 Å². The second kappa shape index (κ2) is 5.42. The van der Waals surface area contributed by atoms with E-state index in [4.69, 9.17) is 9.47 Å². The highest BCUT2D eigenvalue weighted by Gasteiger charge is 2.36. The van der Waals surface area contributed by atoms with Crippen molar-refractivity contribution in [1.82, 2.24) is 10.2 Å². The van der Waals surface area contributed by atoms with E-state index in [0.29, 0.717) is 13.2 Å². The molecule has 0 aliphatic carbocycles. The normalized spacial score (nSPS) is 16.1. The number of nitrogens with one attached hydrogen (secondary N) is 1. The number of carbonyl (C=O) groups excluding carboxylic acids is 3. The monoisotopic (exact) mass is 216 g/mol. The minimum atomic E-state index is -0.892. The van der Waals surface area contributed by atoms with E-state index in [1.165, 1.54) is 0 Å². The summed E-state index contributed by atoms with van der Waals surface area (Å²) in [4.78, 5) is 33.6. The fraction of sp³-hybridized carbons (Fsp3) is 0.625. The van der Waals surface area contributed by atoms with Crippen molar-refractivity contribution in [2.75, 3.05) is 33.5 Å². The van der Waals surface area contributed by atoms with Gasteiger partial charge in [0.25, 0.3) is 0 Å². The van der Waals surface area contributed by atoms with E-state index < -0.39 is 17.8 Å². The molecule has 0 saturated carbocycles. The second-order valence-corrected chi connectivity index (χ2v) is 2.82. The van der Waals surface area contributed by atoms with Gasteiger partial charge < -0.3 is 9.47 Å². The average molecular weight is 216 g/mol. The molecule has 1 saturated heterocycles. The van der Waals surface area contributed by atoms with Gasteiger partial charge in [0.1, 0.15) is 0 Å². The Kier molecular flexibility index (Phi) is 4.19. The van der Waals surface area contributed by atoms with E-state index in [0.717, 1.165) is 4.90 Å². The second-order valence-electron chi connectivity index (χ2n) is 2.82. The highest BCUT2D eigenvalue weighted by molar-refractivity contribution is 6.44. The van der Waals surface area contributed by atoms with E-state index in [1.54, 1.807) is 7.11 Å². The van der Waals surface area contributed by atoms with E-state index >= 15 is 0 Å². The van der Waals surface area contributed by atoms with Crippen molar-refractivity contribution in [3.8, 4) is 0 Å². The number of hydrogen-bond acceptors (Lipinski definition) is 5. The molecule has 1 rings (SSSR count). The fourth-order valence-corrected chi connectivity index (χ4v) is 1.04. The maximum absolute atomic E-state index is 11.0. The Bertz CT molecular complexity index is 278. The van der Waals surface area contributed by atoms with Gasteiger partial charge in [0.2, 0.25) is 0 Å². The van der Waals surface area contributed by atoms with Gasteiger partial charge in [-0.1, -0.05) is 0 Å². The van der Waals surface area contributed by atoms with Crippen LogP contribution in [0.25, 0.3) is 0 Å². The van der Waals surface area contributed by atoms with Gasteiger partial charge in [0.05, 0.1) is 26.4 Å². The number of hydrogen-bond donors (Lipinski definition) is 1. The van der Waals surface area contributed by atoms with Crippen LogP contribution in [0.5, 0.6) is 0 Å². The quantitative estimate of drug-likeness (QED) is 0.340. The third-order valence-electron chi connectivity index (χ3n) is 1.80. The van der Waals surface area contributed by atoms with Crippen molar-refractivity contribution >= 4 is 17.8 Å². The Balaban J connectivity index is 2.24. The molecule has 1 N–H and O–H groups in total.